The third-order valence-electron chi connectivity index (χ3n) is 2.62. The number of pyridine rings is 1. The van der Waals surface area contributed by atoms with Crippen LogP contribution in [0.4, 0.5) is 0 Å². The van der Waals surface area contributed by atoms with E-state index in [9.17, 15) is 9.59 Å². The molecule has 94 valence electrons. The van der Waals surface area contributed by atoms with Gasteiger partial charge in [-0.05, 0) is 38.1 Å². The van der Waals surface area contributed by atoms with Gasteiger partial charge < -0.3 is 14.7 Å². The molecule has 1 amide bonds. The van der Waals surface area contributed by atoms with Gasteiger partial charge in [0, 0.05) is 5.69 Å². The van der Waals surface area contributed by atoms with Gasteiger partial charge in [0.2, 0.25) is 0 Å². The summed E-state index contributed by atoms with van der Waals surface area (Å²) in [5.74, 6) is 0.229. The summed E-state index contributed by atoms with van der Waals surface area (Å²) in [4.78, 5) is 26.1. The van der Waals surface area contributed by atoms with E-state index < -0.39 is 5.91 Å². The normalized spacial score (nSPS) is 12.1. The van der Waals surface area contributed by atoms with Gasteiger partial charge in [0.25, 0.3) is 11.5 Å². The van der Waals surface area contributed by atoms with Crippen LogP contribution in [0.1, 0.15) is 34.8 Å². The van der Waals surface area contributed by atoms with E-state index >= 15 is 0 Å². The van der Waals surface area contributed by atoms with Crippen LogP contribution < -0.4 is 10.9 Å². The highest BCUT2D eigenvalue weighted by Crippen LogP contribution is 2.12. The molecule has 2 rings (SSSR count). The van der Waals surface area contributed by atoms with Gasteiger partial charge in [0.05, 0.1) is 12.3 Å². The third kappa shape index (κ3) is 2.51. The summed E-state index contributed by atoms with van der Waals surface area (Å²) in [6, 6.07) is 6.43. The SMILES string of the molecule is Cc1ccc(C(=O)N[C@@H](C)c2ccco2)c(=O)[nH]1. The molecular formula is C13H14N2O3. The molecule has 0 radical (unpaired) electrons. The number of H-pyrrole nitrogens is 1. The Hall–Kier alpha value is -2.30. The Balaban J connectivity index is 2.15. The molecule has 18 heavy (non-hydrogen) atoms. The number of aromatic nitrogens is 1. The van der Waals surface area contributed by atoms with Crippen molar-refractivity contribution in [2.45, 2.75) is 19.9 Å². The first-order valence-electron chi connectivity index (χ1n) is 5.62. The zero-order valence-electron chi connectivity index (χ0n) is 10.2. The molecule has 5 heteroatoms. The van der Waals surface area contributed by atoms with Crippen molar-refractivity contribution < 1.29 is 9.21 Å². The third-order valence-corrected chi connectivity index (χ3v) is 2.62. The van der Waals surface area contributed by atoms with Crippen LogP contribution in [0.5, 0.6) is 0 Å². The molecule has 0 aliphatic carbocycles. The second-order valence-electron chi connectivity index (χ2n) is 4.09. The molecule has 2 aromatic heterocycles. The van der Waals surface area contributed by atoms with Crippen molar-refractivity contribution in [1.29, 1.82) is 0 Å². The number of hydrogen-bond donors (Lipinski definition) is 2. The van der Waals surface area contributed by atoms with Gasteiger partial charge in [0.15, 0.2) is 0 Å². The summed E-state index contributed by atoms with van der Waals surface area (Å²) in [6.07, 6.45) is 1.54. The Morgan fingerprint density at radius 3 is 2.78 bits per heavy atom. The van der Waals surface area contributed by atoms with Crippen LogP contribution in [-0.2, 0) is 0 Å². The van der Waals surface area contributed by atoms with Crippen LogP contribution in [0.15, 0.2) is 39.7 Å². The van der Waals surface area contributed by atoms with E-state index in [0.29, 0.717) is 5.76 Å². The zero-order valence-corrected chi connectivity index (χ0v) is 10.2. The first-order chi connectivity index (χ1) is 8.58. The second-order valence-corrected chi connectivity index (χ2v) is 4.09. The van der Waals surface area contributed by atoms with Gasteiger partial charge in [-0.1, -0.05) is 0 Å². The average molecular weight is 246 g/mol. The summed E-state index contributed by atoms with van der Waals surface area (Å²) < 4.78 is 5.18. The number of amides is 1. The maximum absolute atomic E-state index is 11.9. The lowest BCUT2D eigenvalue weighted by atomic mass is 10.2. The molecule has 2 N–H and O–H groups in total. The Kier molecular flexibility index (Phi) is 3.32. The lowest BCUT2D eigenvalue weighted by Crippen LogP contribution is -2.31. The summed E-state index contributed by atoms with van der Waals surface area (Å²) >= 11 is 0. The minimum Gasteiger partial charge on any atom is -0.467 e. The molecular weight excluding hydrogens is 232 g/mol. The number of aromatic amines is 1. The maximum Gasteiger partial charge on any atom is 0.260 e. The first kappa shape index (κ1) is 12.2. The van der Waals surface area contributed by atoms with E-state index in [4.69, 9.17) is 4.42 Å². The Morgan fingerprint density at radius 1 is 1.39 bits per heavy atom. The van der Waals surface area contributed by atoms with E-state index in [0.717, 1.165) is 5.69 Å². The number of hydrogen-bond acceptors (Lipinski definition) is 3. The van der Waals surface area contributed by atoms with E-state index in [1.54, 1.807) is 32.0 Å². The van der Waals surface area contributed by atoms with Crippen molar-refractivity contribution in [2.75, 3.05) is 0 Å². The monoisotopic (exact) mass is 246 g/mol. The molecule has 0 saturated carbocycles. The van der Waals surface area contributed by atoms with E-state index in [2.05, 4.69) is 10.3 Å². The number of rotatable bonds is 3. The summed E-state index contributed by atoms with van der Waals surface area (Å²) in [5.41, 5.74) is 0.425. The Bertz CT molecular complexity index is 599. The highest BCUT2D eigenvalue weighted by atomic mass is 16.3. The number of carbonyl (C=O) groups excluding carboxylic acids is 1. The standard InChI is InChI=1S/C13H14N2O3/c1-8-5-6-10(12(16)14-8)13(17)15-9(2)11-4-3-7-18-11/h3-7,9H,1-2H3,(H,14,16)(H,15,17)/t9-/m0/s1. The maximum atomic E-state index is 11.9. The van der Waals surface area contributed by atoms with E-state index in [1.165, 1.54) is 12.3 Å². The topological polar surface area (TPSA) is 75.1 Å². The zero-order chi connectivity index (χ0) is 13.1. The highest BCUT2D eigenvalue weighted by molar-refractivity contribution is 5.93. The van der Waals surface area contributed by atoms with Gasteiger partial charge >= 0.3 is 0 Å². The summed E-state index contributed by atoms with van der Waals surface area (Å²) in [5, 5.41) is 2.71. The molecule has 0 spiro atoms. The van der Waals surface area contributed by atoms with Crippen molar-refractivity contribution >= 4 is 5.91 Å². The molecule has 0 aromatic carbocycles. The van der Waals surface area contributed by atoms with Crippen molar-refractivity contribution in [3.05, 3.63) is 57.9 Å². The van der Waals surface area contributed by atoms with Gasteiger partial charge in [-0.25, -0.2) is 0 Å². The number of nitrogens with one attached hydrogen (secondary N) is 2. The van der Waals surface area contributed by atoms with E-state index in [1.807, 2.05) is 0 Å². The first-order valence-corrected chi connectivity index (χ1v) is 5.62. The molecule has 0 saturated heterocycles. The molecule has 2 heterocycles. The number of aryl methyl sites for hydroxylation is 1. The summed E-state index contributed by atoms with van der Waals surface area (Å²) in [6.45, 7) is 3.55. The van der Waals surface area contributed by atoms with E-state index in [-0.39, 0.29) is 17.2 Å². The molecule has 2 aromatic rings. The highest BCUT2D eigenvalue weighted by Gasteiger charge is 2.15. The van der Waals surface area contributed by atoms with Gasteiger partial charge in [0.1, 0.15) is 11.3 Å². The van der Waals surface area contributed by atoms with Crippen molar-refractivity contribution in [3.8, 4) is 0 Å². The molecule has 5 nitrogen and oxygen atoms in total. The lowest BCUT2D eigenvalue weighted by molar-refractivity contribution is 0.0934. The Morgan fingerprint density at radius 2 is 2.17 bits per heavy atom. The minimum absolute atomic E-state index is 0.0963. The predicted molar refractivity (Wildman–Crippen MR) is 66.4 cm³/mol. The Labute approximate surface area is 104 Å². The molecule has 0 aliphatic rings. The van der Waals surface area contributed by atoms with Crippen LogP contribution in [0, 0.1) is 6.92 Å². The van der Waals surface area contributed by atoms with Crippen LogP contribution >= 0.6 is 0 Å². The quantitative estimate of drug-likeness (QED) is 0.866. The van der Waals surface area contributed by atoms with Crippen LogP contribution in [-0.4, -0.2) is 10.9 Å². The van der Waals surface area contributed by atoms with Crippen molar-refractivity contribution in [3.63, 3.8) is 0 Å². The fourth-order valence-electron chi connectivity index (χ4n) is 1.63. The van der Waals surface area contributed by atoms with Gasteiger partial charge in [-0.3, -0.25) is 9.59 Å². The summed E-state index contributed by atoms with van der Waals surface area (Å²) in [7, 11) is 0. The number of furan rings is 1. The van der Waals surface area contributed by atoms with Gasteiger partial charge in [-0.15, -0.1) is 0 Å². The lowest BCUT2D eigenvalue weighted by Gasteiger charge is -2.10. The average Bonchev–Trinajstić information content (AvgIpc) is 2.81. The fraction of sp³-hybridized carbons (Fsp3) is 0.231. The van der Waals surface area contributed by atoms with Crippen molar-refractivity contribution in [1.82, 2.24) is 10.3 Å². The fourth-order valence-corrected chi connectivity index (χ4v) is 1.63. The molecule has 0 unspecified atom stereocenters. The molecule has 1 atom stereocenters. The van der Waals surface area contributed by atoms with Crippen LogP contribution in [0.2, 0.25) is 0 Å². The molecule has 0 bridgehead atoms. The molecule has 0 aliphatic heterocycles. The smallest absolute Gasteiger partial charge is 0.260 e. The number of carbonyl (C=O) groups is 1. The minimum atomic E-state index is -0.417. The van der Waals surface area contributed by atoms with Crippen LogP contribution in [0.3, 0.4) is 0 Å². The second kappa shape index (κ2) is 4.91. The largest absolute Gasteiger partial charge is 0.467 e. The molecule has 0 fully saturated rings. The van der Waals surface area contributed by atoms with Crippen molar-refractivity contribution in [2.24, 2.45) is 0 Å². The predicted octanol–water partition coefficient (Wildman–Crippen LogP) is 1.77. The van der Waals surface area contributed by atoms with Gasteiger partial charge in [-0.2, -0.15) is 0 Å². The van der Waals surface area contributed by atoms with Crippen LogP contribution in [0.25, 0.3) is 0 Å².